The number of morpholine rings is 1. The van der Waals surface area contributed by atoms with E-state index in [1.54, 1.807) is 6.92 Å². The number of nitrogens with zero attached hydrogens (tertiary/aromatic N) is 2. The van der Waals surface area contributed by atoms with E-state index in [4.69, 9.17) is 9.29 Å². The molecule has 0 aromatic heterocycles. The third-order valence-corrected chi connectivity index (χ3v) is 4.24. The van der Waals surface area contributed by atoms with Crippen LogP contribution in [-0.4, -0.2) is 92.4 Å². The van der Waals surface area contributed by atoms with Crippen LogP contribution in [0.3, 0.4) is 0 Å². The highest BCUT2D eigenvalue weighted by Crippen LogP contribution is 1.99. The SMILES string of the molecule is CCN(CC(O)CNCCN1CCOCC1)S(=O)(=O)O. The molecule has 0 radical (unpaired) electrons. The third kappa shape index (κ3) is 6.93. The Balaban J connectivity index is 2.14. The van der Waals surface area contributed by atoms with Crippen molar-refractivity contribution in [3.8, 4) is 0 Å². The summed E-state index contributed by atoms with van der Waals surface area (Å²) in [6.45, 7) is 6.82. The first kappa shape index (κ1) is 17.8. The van der Waals surface area contributed by atoms with E-state index in [2.05, 4.69) is 10.2 Å². The standard InChI is InChI=1S/C11H25N3O5S/c1-2-14(20(16,17)18)10-11(15)9-12-3-4-13-5-7-19-8-6-13/h11-12,15H,2-10H2,1H3,(H,16,17,18). The average Bonchev–Trinajstić information content (AvgIpc) is 2.41. The van der Waals surface area contributed by atoms with Crippen LogP contribution in [0.2, 0.25) is 0 Å². The summed E-state index contributed by atoms with van der Waals surface area (Å²) in [5, 5.41) is 12.8. The molecule has 0 aliphatic carbocycles. The predicted octanol–water partition coefficient (Wildman–Crippen LogP) is -1.61. The second kappa shape index (κ2) is 8.88. The third-order valence-electron chi connectivity index (χ3n) is 3.18. The van der Waals surface area contributed by atoms with Gasteiger partial charge in [0.2, 0.25) is 0 Å². The molecule has 9 heteroatoms. The summed E-state index contributed by atoms with van der Waals surface area (Å²) in [5.74, 6) is 0. The molecule has 0 bridgehead atoms. The van der Waals surface area contributed by atoms with Crippen LogP contribution >= 0.6 is 0 Å². The summed E-state index contributed by atoms with van der Waals surface area (Å²) in [5.41, 5.74) is 0. The Bertz CT molecular complexity index is 359. The minimum Gasteiger partial charge on any atom is -0.390 e. The lowest BCUT2D eigenvalue weighted by Gasteiger charge is -2.27. The summed E-state index contributed by atoms with van der Waals surface area (Å²) in [4.78, 5) is 2.26. The van der Waals surface area contributed by atoms with Crippen molar-refractivity contribution >= 4 is 10.3 Å². The molecule has 1 aliphatic rings. The molecule has 0 spiro atoms. The Morgan fingerprint density at radius 3 is 2.60 bits per heavy atom. The lowest BCUT2D eigenvalue weighted by molar-refractivity contribution is 0.0379. The molecule has 1 fully saturated rings. The van der Waals surface area contributed by atoms with Crippen molar-refractivity contribution in [2.45, 2.75) is 13.0 Å². The van der Waals surface area contributed by atoms with E-state index >= 15 is 0 Å². The number of rotatable bonds is 9. The number of ether oxygens (including phenoxy) is 1. The molecule has 1 saturated heterocycles. The van der Waals surface area contributed by atoms with E-state index < -0.39 is 16.4 Å². The maximum atomic E-state index is 11.0. The minimum atomic E-state index is -4.23. The molecule has 0 amide bonds. The van der Waals surface area contributed by atoms with Crippen LogP contribution < -0.4 is 5.32 Å². The number of hydrogen-bond donors (Lipinski definition) is 3. The van der Waals surface area contributed by atoms with Crippen molar-refractivity contribution in [1.29, 1.82) is 0 Å². The van der Waals surface area contributed by atoms with Crippen LogP contribution in [0.25, 0.3) is 0 Å². The Kier molecular flexibility index (Phi) is 7.88. The molecular formula is C11H25N3O5S. The summed E-state index contributed by atoms with van der Waals surface area (Å²) < 4.78 is 36.9. The Morgan fingerprint density at radius 2 is 2.05 bits per heavy atom. The van der Waals surface area contributed by atoms with Crippen molar-refractivity contribution < 1.29 is 22.8 Å². The van der Waals surface area contributed by atoms with Gasteiger partial charge in [0.15, 0.2) is 0 Å². The Morgan fingerprint density at radius 1 is 1.40 bits per heavy atom. The second-order valence-electron chi connectivity index (χ2n) is 4.74. The van der Waals surface area contributed by atoms with Crippen molar-refractivity contribution in [3.05, 3.63) is 0 Å². The van der Waals surface area contributed by atoms with Crippen LogP contribution in [0.15, 0.2) is 0 Å². The minimum absolute atomic E-state index is 0.111. The zero-order valence-electron chi connectivity index (χ0n) is 11.9. The number of aliphatic hydroxyl groups excluding tert-OH is 1. The molecule has 20 heavy (non-hydrogen) atoms. The molecule has 0 saturated carbocycles. The van der Waals surface area contributed by atoms with Gasteiger partial charge < -0.3 is 15.2 Å². The maximum absolute atomic E-state index is 11.0. The zero-order chi connectivity index (χ0) is 15.0. The van der Waals surface area contributed by atoms with Gasteiger partial charge in [-0.25, -0.2) is 0 Å². The first-order valence-electron chi connectivity index (χ1n) is 6.85. The number of aliphatic hydroxyl groups is 1. The van der Waals surface area contributed by atoms with E-state index in [-0.39, 0.29) is 19.6 Å². The molecule has 1 atom stereocenters. The molecule has 0 aromatic carbocycles. The molecular weight excluding hydrogens is 286 g/mol. The second-order valence-corrected chi connectivity index (χ2v) is 6.15. The quantitative estimate of drug-likeness (QED) is 0.348. The molecule has 3 N–H and O–H groups in total. The largest absolute Gasteiger partial charge is 0.390 e. The number of hydrogen-bond acceptors (Lipinski definition) is 6. The topological polar surface area (TPSA) is 102 Å². The van der Waals surface area contributed by atoms with E-state index in [0.29, 0.717) is 0 Å². The normalized spacial score (nSPS) is 19.4. The van der Waals surface area contributed by atoms with Crippen LogP contribution in [0.5, 0.6) is 0 Å². The smallest absolute Gasteiger partial charge is 0.335 e. The Hall–Kier alpha value is -0.290. The van der Waals surface area contributed by atoms with Crippen molar-refractivity contribution in [3.63, 3.8) is 0 Å². The number of likely N-dealkylation sites (N-methyl/N-ethyl adjacent to an activating group) is 1. The zero-order valence-corrected chi connectivity index (χ0v) is 12.7. The lowest BCUT2D eigenvalue weighted by atomic mass is 10.3. The van der Waals surface area contributed by atoms with E-state index in [9.17, 15) is 13.5 Å². The highest BCUT2D eigenvalue weighted by Gasteiger charge is 2.20. The summed E-state index contributed by atoms with van der Waals surface area (Å²) in [7, 11) is -4.23. The fraction of sp³-hybridized carbons (Fsp3) is 1.00. The highest BCUT2D eigenvalue weighted by atomic mass is 32.2. The van der Waals surface area contributed by atoms with Gasteiger partial charge >= 0.3 is 10.3 Å². The Labute approximate surface area is 120 Å². The lowest BCUT2D eigenvalue weighted by Crippen LogP contribution is -2.44. The van der Waals surface area contributed by atoms with Crippen molar-refractivity contribution in [1.82, 2.24) is 14.5 Å². The average molecular weight is 311 g/mol. The first-order valence-corrected chi connectivity index (χ1v) is 8.24. The van der Waals surface area contributed by atoms with Gasteiger partial charge in [-0.15, -0.1) is 0 Å². The fourth-order valence-electron chi connectivity index (χ4n) is 2.02. The molecule has 1 heterocycles. The highest BCUT2D eigenvalue weighted by molar-refractivity contribution is 7.83. The molecule has 1 aliphatic heterocycles. The van der Waals surface area contributed by atoms with Crippen molar-refractivity contribution in [2.75, 3.05) is 59.0 Å². The summed E-state index contributed by atoms with van der Waals surface area (Å²) in [6, 6.07) is 0. The van der Waals surface area contributed by atoms with Gasteiger partial charge in [-0.2, -0.15) is 12.7 Å². The number of nitrogens with one attached hydrogen (secondary N) is 1. The molecule has 1 rings (SSSR count). The van der Waals surface area contributed by atoms with Crippen LogP contribution in [0, 0.1) is 0 Å². The molecule has 120 valence electrons. The van der Waals surface area contributed by atoms with Crippen molar-refractivity contribution in [2.24, 2.45) is 0 Å². The summed E-state index contributed by atoms with van der Waals surface area (Å²) >= 11 is 0. The van der Waals surface area contributed by atoms with E-state index in [0.717, 1.165) is 43.7 Å². The van der Waals surface area contributed by atoms with Gasteiger partial charge in [0.1, 0.15) is 0 Å². The van der Waals surface area contributed by atoms with Gasteiger partial charge in [-0.3, -0.25) is 9.45 Å². The predicted molar refractivity (Wildman–Crippen MR) is 74.9 cm³/mol. The van der Waals surface area contributed by atoms with Gasteiger partial charge in [0, 0.05) is 45.8 Å². The van der Waals surface area contributed by atoms with E-state index in [1.807, 2.05) is 0 Å². The first-order chi connectivity index (χ1) is 9.43. The van der Waals surface area contributed by atoms with Gasteiger partial charge in [0.05, 0.1) is 19.3 Å². The summed E-state index contributed by atoms with van der Waals surface area (Å²) in [6.07, 6.45) is -0.846. The fourth-order valence-corrected chi connectivity index (χ4v) is 2.70. The molecule has 0 aromatic rings. The van der Waals surface area contributed by atoms with Crippen LogP contribution in [0.4, 0.5) is 0 Å². The van der Waals surface area contributed by atoms with Gasteiger partial charge in [0.25, 0.3) is 0 Å². The van der Waals surface area contributed by atoms with Gasteiger partial charge in [-0.05, 0) is 0 Å². The molecule has 8 nitrogen and oxygen atoms in total. The monoisotopic (exact) mass is 311 g/mol. The van der Waals surface area contributed by atoms with Crippen LogP contribution in [-0.2, 0) is 15.0 Å². The van der Waals surface area contributed by atoms with E-state index in [1.165, 1.54) is 0 Å². The van der Waals surface area contributed by atoms with Gasteiger partial charge in [-0.1, -0.05) is 6.92 Å². The molecule has 1 unspecified atom stereocenters. The maximum Gasteiger partial charge on any atom is 0.335 e. The van der Waals surface area contributed by atoms with Crippen LogP contribution in [0.1, 0.15) is 6.92 Å².